The molecule has 0 saturated heterocycles. The van der Waals surface area contributed by atoms with Crippen molar-refractivity contribution in [3.05, 3.63) is 69.9 Å². The molecule has 1 atom stereocenters. The van der Waals surface area contributed by atoms with Crippen molar-refractivity contribution in [1.82, 2.24) is 24.3 Å². The first-order valence-corrected chi connectivity index (χ1v) is 15.6. The van der Waals surface area contributed by atoms with Crippen molar-refractivity contribution in [1.29, 1.82) is 0 Å². The highest BCUT2D eigenvalue weighted by molar-refractivity contribution is 5.96. The normalized spacial score (nSPS) is 12.6. The van der Waals surface area contributed by atoms with Gasteiger partial charge in [0.2, 0.25) is 11.8 Å². The Bertz CT molecular complexity index is 1820. The minimum absolute atomic E-state index is 0.0236. The van der Waals surface area contributed by atoms with Gasteiger partial charge >= 0.3 is 12.2 Å². The third kappa shape index (κ3) is 10.2. The number of rotatable bonds is 10. The van der Waals surface area contributed by atoms with E-state index in [9.17, 15) is 28.4 Å². The Morgan fingerprint density at radius 1 is 1.10 bits per heavy atom. The Labute approximate surface area is 283 Å². The van der Waals surface area contributed by atoms with Crippen LogP contribution in [0.3, 0.4) is 0 Å². The summed E-state index contributed by atoms with van der Waals surface area (Å²) in [4.78, 5) is 70.0. The maximum absolute atomic E-state index is 15.2. The van der Waals surface area contributed by atoms with Crippen LogP contribution in [0.1, 0.15) is 65.8 Å². The van der Waals surface area contributed by atoms with E-state index in [0.717, 1.165) is 22.3 Å². The van der Waals surface area contributed by atoms with Gasteiger partial charge in [-0.05, 0) is 63.7 Å². The van der Waals surface area contributed by atoms with Crippen LogP contribution in [0, 0.1) is 17.0 Å². The molecule has 0 saturated carbocycles. The molecule has 3 amide bonds. The van der Waals surface area contributed by atoms with E-state index in [1.54, 1.807) is 40.9 Å². The standard InChI is InChI=1S/C34H44F2N6O7/c1-33(2,3)18-20-27(36)21(35)17-24-28(20)39-25(42(24)32(47)49-34(4,5)6)19-41-16-12-14-23(30(41)45)37-29(44)22(38-31(46)48-9)13-10-11-15-26(43)40(7)8/h11-12,14-17,22H,10,13,18-19H2,1-9H3,(H,37,44)(H,38,46)/b15-11+/t22-/m0/s1. The number of allylic oxidation sites excluding steroid dienone is 1. The molecule has 0 bridgehead atoms. The summed E-state index contributed by atoms with van der Waals surface area (Å²) in [5.41, 5.74) is -2.29. The summed E-state index contributed by atoms with van der Waals surface area (Å²) in [5, 5.41) is 4.94. The van der Waals surface area contributed by atoms with Gasteiger partial charge in [0.05, 0.1) is 24.7 Å². The Balaban J connectivity index is 2.03. The average Bonchev–Trinajstić information content (AvgIpc) is 3.34. The number of hydrogen-bond acceptors (Lipinski definition) is 8. The van der Waals surface area contributed by atoms with E-state index in [4.69, 9.17) is 4.74 Å². The number of anilines is 1. The minimum atomic E-state index is -1.17. The first kappa shape index (κ1) is 38.4. The molecule has 3 aromatic rings. The second kappa shape index (κ2) is 15.4. The van der Waals surface area contributed by atoms with Gasteiger partial charge in [-0.15, -0.1) is 0 Å². The van der Waals surface area contributed by atoms with E-state index in [-0.39, 0.29) is 59.8 Å². The molecule has 2 aromatic heterocycles. The Morgan fingerprint density at radius 3 is 2.37 bits per heavy atom. The Kier molecular flexibility index (Phi) is 12.1. The minimum Gasteiger partial charge on any atom is -0.453 e. The van der Waals surface area contributed by atoms with Gasteiger partial charge in [0.25, 0.3) is 5.56 Å². The van der Waals surface area contributed by atoms with E-state index in [1.807, 2.05) is 20.8 Å². The fourth-order valence-corrected chi connectivity index (χ4v) is 4.77. The molecule has 3 rings (SSSR count). The molecule has 13 nitrogen and oxygen atoms in total. The van der Waals surface area contributed by atoms with E-state index in [2.05, 4.69) is 20.4 Å². The van der Waals surface area contributed by atoms with Crippen molar-refractivity contribution in [3.63, 3.8) is 0 Å². The number of halogens is 2. The number of hydrogen-bond donors (Lipinski definition) is 2. The number of nitrogens with zero attached hydrogens (tertiary/aromatic N) is 4. The van der Waals surface area contributed by atoms with Crippen molar-refractivity contribution in [2.75, 3.05) is 26.5 Å². The highest BCUT2D eigenvalue weighted by atomic mass is 19.2. The lowest BCUT2D eigenvalue weighted by molar-refractivity contribution is -0.123. The third-order valence-electron chi connectivity index (χ3n) is 7.00. The Morgan fingerprint density at radius 2 is 1.78 bits per heavy atom. The largest absolute Gasteiger partial charge is 0.453 e. The molecule has 0 aliphatic rings. The SMILES string of the molecule is COC(=O)N[C@@H](CC/C=C/C(=O)N(C)C)C(=O)Nc1cccn(Cc2nc3c(CC(C)(C)C)c(F)c(F)cc3n2C(=O)OC(C)(C)C)c1=O. The van der Waals surface area contributed by atoms with Gasteiger partial charge in [0, 0.05) is 31.9 Å². The summed E-state index contributed by atoms with van der Waals surface area (Å²) < 4.78 is 42.5. The Hall–Kier alpha value is -5.08. The number of nitrogens with one attached hydrogen (secondary N) is 2. The summed E-state index contributed by atoms with van der Waals surface area (Å²) in [7, 11) is 4.31. The second-order valence-corrected chi connectivity index (χ2v) is 13.8. The molecular weight excluding hydrogens is 642 g/mol. The maximum atomic E-state index is 15.2. The average molecular weight is 687 g/mol. The smallest absolute Gasteiger partial charge is 0.420 e. The number of methoxy groups -OCH3 is 1. The van der Waals surface area contributed by atoms with E-state index in [0.29, 0.717) is 0 Å². The fourth-order valence-electron chi connectivity index (χ4n) is 4.77. The maximum Gasteiger partial charge on any atom is 0.420 e. The molecule has 266 valence electrons. The number of benzene rings is 1. The molecule has 2 heterocycles. The monoisotopic (exact) mass is 686 g/mol. The number of likely N-dealkylation sites (N-methyl/N-ethyl adjacent to an activating group) is 1. The van der Waals surface area contributed by atoms with Crippen molar-refractivity contribution in [3.8, 4) is 0 Å². The van der Waals surface area contributed by atoms with E-state index in [1.165, 1.54) is 29.3 Å². The molecule has 2 N–H and O–H groups in total. The van der Waals surface area contributed by atoms with E-state index < -0.39 is 52.3 Å². The van der Waals surface area contributed by atoms with Gasteiger partial charge in [-0.25, -0.2) is 27.9 Å². The van der Waals surface area contributed by atoms with Gasteiger partial charge in [-0.2, -0.15) is 0 Å². The zero-order chi connectivity index (χ0) is 36.8. The van der Waals surface area contributed by atoms with Gasteiger partial charge in [0.1, 0.15) is 23.2 Å². The number of ether oxygens (including phenoxy) is 2. The number of carbonyl (C=O) groups is 4. The number of alkyl carbamates (subject to hydrolysis) is 1. The van der Waals surface area contributed by atoms with Crippen molar-refractivity contribution >= 4 is 40.7 Å². The number of aromatic nitrogens is 3. The number of imidazole rings is 1. The topological polar surface area (TPSA) is 154 Å². The quantitative estimate of drug-likeness (QED) is 0.283. The highest BCUT2D eigenvalue weighted by Crippen LogP contribution is 2.31. The lowest BCUT2D eigenvalue weighted by Gasteiger charge is -2.21. The predicted molar refractivity (Wildman–Crippen MR) is 179 cm³/mol. The molecule has 49 heavy (non-hydrogen) atoms. The van der Waals surface area contributed by atoms with Crippen LogP contribution in [0.4, 0.5) is 24.1 Å². The van der Waals surface area contributed by atoms with Crippen LogP contribution in [-0.2, 0) is 32.0 Å². The summed E-state index contributed by atoms with van der Waals surface area (Å²) in [6.45, 7) is 10.1. The van der Waals surface area contributed by atoms with Crippen LogP contribution in [0.15, 0.2) is 41.3 Å². The zero-order valence-electron chi connectivity index (χ0n) is 29.3. The van der Waals surface area contributed by atoms with Crippen molar-refractivity contribution < 1.29 is 37.4 Å². The predicted octanol–water partition coefficient (Wildman–Crippen LogP) is 4.98. The third-order valence-corrected chi connectivity index (χ3v) is 7.00. The second-order valence-electron chi connectivity index (χ2n) is 13.8. The van der Waals surface area contributed by atoms with Crippen molar-refractivity contribution in [2.24, 2.45) is 5.41 Å². The van der Waals surface area contributed by atoms with Gasteiger partial charge in [-0.3, -0.25) is 14.4 Å². The lowest BCUT2D eigenvalue weighted by Crippen LogP contribution is -2.44. The summed E-state index contributed by atoms with van der Waals surface area (Å²) in [6, 6.07) is 2.56. The number of carbonyl (C=O) groups excluding carboxylic acids is 4. The number of pyridine rings is 1. The molecular formula is C34H44F2N6O7. The first-order chi connectivity index (χ1) is 22.7. The van der Waals surface area contributed by atoms with Crippen LogP contribution < -0.4 is 16.2 Å². The van der Waals surface area contributed by atoms with Crippen LogP contribution in [-0.4, -0.2) is 75.9 Å². The summed E-state index contributed by atoms with van der Waals surface area (Å²) in [6.07, 6.45) is 2.91. The summed E-state index contributed by atoms with van der Waals surface area (Å²) >= 11 is 0. The van der Waals surface area contributed by atoms with Crippen LogP contribution in [0.5, 0.6) is 0 Å². The summed E-state index contributed by atoms with van der Waals surface area (Å²) in [5.74, 6) is -3.28. The molecule has 0 unspecified atom stereocenters. The van der Waals surface area contributed by atoms with Crippen LogP contribution in [0.2, 0.25) is 0 Å². The van der Waals surface area contributed by atoms with Gasteiger partial charge < -0.3 is 29.6 Å². The number of amides is 3. The molecule has 0 aliphatic carbocycles. The molecule has 15 heteroatoms. The fraction of sp³-hybridized carbons (Fsp3) is 0.471. The van der Waals surface area contributed by atoms with E-state index >= 15 is 4.39 Å². The van der Waals surface area contributed by atoms with Crippen LogP contribution >= 0.6 is 0 Å². The highest BCUT2D eigenvalue weighted by Gasteiger charge is 2.29. The number of fused-ring (bicyclic) bond motifs is 1. The molecule has 0 fully saturated rings. The molecule has 0 radical (unpaired) electrons. The van der Waals surface area contributed by atoms with Gasteiger partial charge in [0.15, 0.2) is 11.6 Å². The van der Waals surface area contributed by atoms with Gasteiger partial charge in [-0.1, -0.05) is 26.8 Å². The zero-order valence-corrected chi connectivity index (χ0v) is 29.3. The molecule has 0 spiro atoms. The first-order valence-electron chi connectivity index (χ1n) is 15.6. The molecule has 0 aliphatic heterocycles. The lowest BCUT2D eigenvalue weighted by atomic mass is 9.87. The van der Waals surface area contributed by atoms with Crippen LogP contribution in [0.25, 0.3) is 11.0 Å². The molecule has 1 aromatic carbocycles. The van der Waals surface area contributed by atoms with Crippen molar-refractivity contribution in [2.45, 2.75) is 79.0 Å².